The Balaban J connectivity index is 2.84. The fourth-order valence-electron chi connectivity index (χ4n) is 1.55. The lowest BCUT2D eigenvalue weighted by molar-refractivity contribution is 0.292. The molecule has 15 heavy (non-hydrogen) atoms. The molecule has 0 amide bonds. The molecular weight excluding hydrogens is 191 g/mol. The van der Waals surface area contributed by atoms with Crippen LogP contribution < -0.4 is 0 Å². The fraction of sp³-hybridized carbons (Fsp3) is 0.417. The standard InChI is InChI=1S/C12H15FN2/c1-3-8-15(2)12(9-14)10-4-6-11(13)7-5-10/h4-7,12H,3,8H2,1-2H3. The monoisotopic (exact) mass is 206 g/mol. The van der Waals surface area contributed by atoms with E-state index in [0.717, 1.165) is 18.5 Å². The zero-order valence-corrected chi connectivity index (χ0v) is 9.07. The second-order valence-electron chi connectivity index (χ2n) is 3.56. The van der Waals surface area contributed by atoms with Crippen LogP contribution in [0.5, 0.6) is 0 Å². The maximum atomic E-state index is 12.7. The van der Waals surface area contributed by atoms with Crippen molar-refractivity contribution in [2.24, 2.45) is 0 Å². The van der Waals surface area contributed by atoms with Crippen LogP contribution in [0, 0.1) is 17.1 Å². The first-order valence-electron chi connectivity index (χ1n) is 5.04. The minimum atomic E-state index is -0.287. The third-order valence-electron chi connectivity index (χ3n) is 2.33. The summed E-state index contributed by atoms with van der Waals surface area (Å²) in [6.07, 6.45) is 0.996. The number of halogens is 1. The van der Waals surface area contributed by atoms with Gasteiger partial charge in [-0.3, -0.25) is 4.90 Å². The molecule has 0 fully saturated rings. The van der Waals surface area contributed by atoms with E-state index in [9.17, 15) is 4.39 Å². The van der Waals surface area contributed by atoms with Crippen LogP contribution in [-0.4, -0.2) is 18.5 Å². The van der Waals surface area contributed by atoms with Gasteiger partial charge in [-0.25, -0.2) is 4.39 Å². The maximum absolute atomic E-state index is 12.7. The third kappa shape index (κ3) is 3.03. The predicted octanol–water partition coefficient (Wildman–Crippen LogP) is 2.73. The molecular formula is C12H15FN2. The Kier molecular flexibility index (Phi) is 4.26. The number of nitrogens with zero attached hydrogens (tertiary/aromatic N) is 2. The summed E-state index contributed by atoms with van der Waals surface area (Å²) in [5.74, 6) is -0.270. The lowest BCUT2D eigenvalue weighted by Crippen LogP contribution is -2.24. The molecule has 0 N–H and O–H groups in total. The molecule has 0 aliphatic heterocycles. The van der Waals surface area contributed by atoms with Gasteiger partial charge in [-0.05, 0) is 37.7 Å². The van der Waals surface area contributed by atoms with Gasteiger partial charge in [-0.15, -0.1) is 0 Å². The molecule has 1 aromatic carbocycles. The van der Waals surface area contributed by atoms with Crippen molar-refractivity contribution in [3.8, 4) is 6.07 Å². The minimum Gasteiger partial charge on any atom is -0.287 e. The minimum absolute atomic E-state index is 0.270. The van der Waals surface area contributed by atoms with E-state index in [1.165, 1.54) is 12.1 Å². The van der Waals surface area contributed by atoms with Crippen molar-refractivity contribution in [3.05, 3.63) is 35.6 Å². The van der Waals surface area contributed by atoms with Crippen molar-refractivity contribution >= 4 is 0 Å². The number of benzene rings is 1. The number of rotatable bonds is 4. The number of hydrogen-bond acceptors (Lipinski definition) is 2. The van der Waals surface area contributed by atoms with E-state index < -0.39 is 0 Å². The average molecular weight is 206 g/mol. The summed E-state index contributed by atoms with van der Waals surface area (Å²) in [5, 5.41) is 9.06. The van der Waals surface area contributed by atoms with E-state index in [1.807, 2.05) is 11.9 Å². The van der Waals surface area contributed by atoms with Gasteiger partial charge in [0, 0.05) is 0 Å². The molecule has 1 atom stereocenters. The highest BCUT2D eigenvalue weighted by molar-refractivity contribution is 5.24. The fourth-order valence-corrected chi connectivity index (χ4v) is 1.55. The van der Waals surface area contributed by atoms with Gasteiger partial charge in [0.1, 0.15) is 11.9 Å². The van der Waals surface area contributed by atoms with Gasteiger partial charge < -0.3 is 0 Å². The largest absolute Gasteiger partial charge is 0.287 e. The summed E-state index contributed by atoms with van der Waals surface area (Å²) in [6.45, 7) is 2.92. The van der Waals surface area contributed by atoms with E-state index >= 15 is 0 Å². The van der Waals surface area contributed by atoms with Gasteiger partial charge in [-0.2, -0.15) is 5.26 Å². The van der Waals surface area contributed by atoms with E-state index in [-0.39, 0.29) is 11.9 Å². The molecule has 80 valence electrons. The van der Waals surface area contributed by atoms with Crippen LogP contribution in [0.2, 0.25) is 0 Å². The summed E-state index contributed by atoms with van der Waals surface area (Å²) in [6, 6.07) is 8.04. The molecule has 0 aliphatic rings. The van der Waals surface area contributed by atoms with E-state index in [1.54, 1.807) is 12.1 Å². The third-order valence-corrected chi connectivity index (χ3v) is 2.33. The molecule has 0 saturated heterocycles. The van der Waals surface area contributed by atoms with Crippen LogP contribution in [0.15, 0.2) is 24.3 Å². The first-order valence-corrected chi connectivity index (χ1v) is 5.04. The highest BCUT2D eigenvalue weighted by Crippen LogP contribution is 2.18. The van der Waals surface area contributed by atoms with Gasteiger partial charge in [0.15, 0.2) is 0 Å². The molecule has 0 heterocycles. The topological polar surface area (TPSA) is 27.0 Å². The van der Waals surface area contributed by atoms with Crippen molar-refractivity contribution in [2.75, 3.05) is 13.6 Å². The summed E-state index contributed by atoms with van der Waals surface area (Å²) in [5.41, 5.74) is 0.842. The normalized spacial score (nSPS) is 12.5. The SMILES string of the molecule is CCCN(C)C(C#N)c1ccc(F)cc1. The van der Waals surface area contributed by atoms with Crippen molar-refractivity contribution < 1.29 is 4.39 Å². The van der Waals surface area contributed by atoms with Gasteiger partial charge in [0.25, 0.3) is 0 Å². The van der Waals surface area contributed by atoms with Gasteiger partial charge in [0.2, 0.25) is 0 Å². The highest BCUT2D eigenvalue weighted by atomic mass is 19.1. The average Bonchev–Trinajstić information content (AvgIpc) is 2.22. The van der Waals surface area contributed by atoms with E-state index in [4.69, 9.17) is 5.26 Å². The second kappa shape index (κ2) is 5.47. The van der Waals surface area contributed by atoms with Crippen molar-refractivity contribution in [3.63, 3.8) is 0 Å². The van der Waals surface area contributed by atoms with Crippen molar-refractivity contribution in [1.82, 2.24) is 4.90 Å². The number of hydrogen-bond donors (Lipinski definition) is 0. The van der Waals surface area contributed by atoms with Crippen LogP contribution >= 0.6 is 0 Å². The summed E-state index contributed by atoms with van der Waals surface area (Å²) < 4.78 is 12.7. The number of nitriles is 1. The van der Waals surface area contributed by atoms with Gasteiger partial charge in [0.05, 0.1) is 6.07 Å². The lowest BCUT2D eigenvalue weighted by Gasteiger charge is -2.21. The Labute approximate surface area is 89.9 Å². The lowest BCUT2D eigenvalue weighted by atomic mass is 10.1. The molecule has 1 unspecified atom stereocenters. The quantitative estimate of drug-likeness (QED) is 0.757. The van der Waals surface area contributed by atoms with Crippen LogP contribution in [0.1, 0.15) is 24.9 Å². The van der Waals surface area contributed by atoms with Crippen molar-refractivity contribution in [2.45, 2.75) is 19.4 Å². The molecule has 0 aromatic heterocycles. The molecule has 0 spiro atoms. The molecule has 2 nitrogen and oxygen atoms in total. The molecule has 1 rings (SSSR count). The Morgan fingerprint density at radius 1 is 1.40 bits per heavy atom. The Bertz CT molecular complexity index is 340. The zero-order chi connectivity index (χ0) is 11.3. The van der Waals surface area contributed by atoms with Crippen molar-refractivity contribution in [1.29, 1.82) is 5.26 Å². The summed E-state index contributed by atoms with van der Waals surface area (Å²) in [7, 11) is 1.90. The first-order chi connectivity index (χ1) is 7.19. The smallest absolute Gasteiger partial charge is 0.123 e. The van der Waals surface area contributed by atoms with Crippen LogP contribution in [0.25, 0.3) is 0 Å². The second-order valence-corrected chi connectivity index (χ2v) is 3.56. The zero-order valence-electron chi connectivity index (χ0n) is 9.07. The van der Waals surface area contributed by atoms with Crippen LogP contribution in [0.3, 0.4) is 0 Å². The predicted molar refractivity (Wildman–Crippen MR) is 57.7 cm³/mol. The van der Waals surface area contributed by atoms with E-state index in [2.05, 4.69) is 13.0 Å². The van der Waals surface area contributed by atoms with Gasteiger partial charge >= 0.3 is 0 Å². The first kappa shape index (κ1) is 11.7. The summed E-state index contributed by atoms with van der Waals surface area (Å²) >= 11 is 0. The van der Waals surface area contributed by atoms with Crippen LogP contribution in [0.4, 0.5) is 4.39 Å². The molecule has 1 aromatic rings. The molecule has 3 heteroatoms. The molecule has 0 bridgehead atoms. The molecule has 0 aliphatic carbocycles. The summed E-state index contributed by atoms with van der Waals surface area (Å²) in [4.78, 5) is 1.97. The Morgan fingerprint density at radius 2 is 2.00 bits per heavy atom. The van der Waals surface area contributed by atoms with Gasteiger partial charge in [-0.1, -0.05) is 19.1 Å². The highest BCUT2D eigenvalue weighted by Gasteiger charge is 2.15. The Hall–Kier alpha value is -1.40. The maximum Gasteiger partial charge on any atom is 0.123 e. The van der Waals surface area contributed by atoms with E-state index in [0.29, 0.717) is 0 Å². The Morgan fingerprint density at radius 3 is 2.47 bits per heavy atom. The van der Waals surface area contributed by atoms with Crippen LogP contribution in [-0.2, 0) is 0 Å². The molecule has 0 radical (unpaired) electrons. The molecule has 0 saturated carbocycles.